The Morgan fingerprint density at radius 2 is 1.59 bits per heavy atom. The van der Waals surface area contributed by atoms with Gasteiger partial charge in [0.1, 0.15) is 36.0 Å². The van der Waals surface area contributed by atoms with Crippen LogP contribution in [0, 0.1) is 23.7 Å². The van der Waals surface area contributed by atoms with Crippen molar-refractivity contribution in [2.75, 3.05) is 27.3 Å². The first-order chi connectivity index (χ1) is 30.8. The molecule has 0 spiro atoms. The van der Waals surface area contributed by atoms with Crippen molar-refractivity contribution in [3.05, 3.63) is 29.8 Å². The Morgan fingerprint density at radius 3 is 2.15 bits per heavy atom. The molecule has 5 amide bonds. The summed E-state index contributed by atoms with van der Waals surface area (Å²) in [6, 6.07) is -0.607. The maximum atomic E-state index is 14.5. The van der Waals surface area contributed by atoms with Crippen molar-refractivity contribution in [3.8, 4) is 5.75 Å². The van der Waals surface area contributed by atoms with Crippen molar-refractivity contribution in [1.82, 2.24) is 25.8 Å². The summed E-state index contributed by atoms with van der Waals surface area (Å²) in [5, 5.41) is 18.7. The molecule has 21 heteroatoms. The summed E-state index contributed by atoms with van der Waals surface area (Å²) in [6.07, 6.45) is -11.6. The molecule has 370 valence electrons. The van der Waals surface area contributed by atoms with Crippen molar-refractivity contribution >= 4 is 47.4 Å². The number of hydrogen-bond acceptors (Lipinski definition) is 13. The summed E-state index contributed by atoms with van der Waals surface area (Å²) in [4.78, 5) is 114. The monoisotopic (exact) mass is 941 g/mol. The molecule has 2 aliphatic heterocycles. The zero-order valence-corrected chi connectivity index (χ0v) is 39.3. The van der Waals surface area contributed by atoms with Crippen LogP contribution in [-0.4, -0.2) is 144 Å². The molecule has 0 bridgehead atoms. The van der Waals surface area contributed by atoms with Gasteiger partial charge in [0.15, 0.2) is 18.5 Å². The number of ketones is 1. The zero-order valence-electron chi connectivity index (χ0n) is 39.3. The number of nitrogens with one attached hydrogen (secondary N) is 3. The number of nitrogens with zero attached hydrogens (tertiary/aromatic N) is 2. The van der Waals surface area contributed by atoms with E-state index >= 15 is 0 Å². The van der Waals surface area contributed by atoms with Crippen LogP contribution in [0.2, 0.25) is 0 Å². The average Bonchev–Trinajstić information content (AvgIpc) is 3.75. The van der Waals surface area contributed by atoms with Crippen LogP contribution in [-0.2, 0) is 54.2 Å². The molecule has 2 saturated heterocycles. The van der Waals surface area contributed by atoms with Gasteiger partial charge in [-0.2, -0.15) is 13.2 Å². The smallest absolute Gasteiger partial charge is 0.422 e. The van der Waals surface area contributed by atoms with Crippen molar-refractivity contribution < 1.29 is 75.6 Å². The second-order valence-corrected chi connectivity index (χ2v) is 17.8. The van der Waals surface area contributed by atoms with Gasteiger partial charge in [-0.3, -0.25) is 28.8 Å². The Morgan fingerprint density at radius 1 is 0.955 bits per heavy atom. The number of rotatable bonds is 10. The number of alkyl carbamates (subject to hydrolysis) is 1. The first-order valence-electron chi connectivity index (χ1n) is 22.2. The summed E-state index contributed by atoms with van der Waals surface area (Å²) in [7, 11) is 2.77. The number of likely N-dealkylation sites (N-methyl/N-ethyl adjacent to an activating group) is 1. The van der Waals surface area contributed by atoms with E-state index in [0.29, 0.717) is 24.2 Å². The number of alkyl halides is 3. The normalized spacial score (nSPS) is 27.7. The van der Waals surface area contributed by atoms with Crippen molar-refractivity contribution in [1.29, 1.82) is 0 Å². The fourth-order valence-electron chi connectivity index (χ4n) is 7.78. The number of amides is 5. The molecule has 18 nitrogen and oxygen atoms in total. The molecule has 3 rings (SSSR count). The van der Waals surface area contributed by atoms with Gasteiger partial charge in [0.25, 0.3) is 0 Å². The molecule has 0 aliphatic carbocycles. The van der Waals surface area contributed by atoms with E-state index in [2.05, 4.69) is 15.4 Å². The maximum Gasteiger partial charge on any atom is 0.422 e. The Labute approximate surface area is 383 Å². The molecule has 2 aliphatic rings. The lowest BCUT2D eigenvalue weighted by atomic mass is 9.91. The van der Waals surface area contributed by atoms with Crippen LogP contribution in [0.1, 0.15) is 93.1 Å². The predicted molar refractivity (Wildman–Crippen MR) is 230 cm³/mol. The van der Waals surface area contributed by atoms with Gasteiger partial charge in [-0.15, -0.1) is 0 Å². The quantitative estimate of drug-likeness (QED) is 0.150. The van der Waals surface area contributed by atoms with E-state index in [1.54, 1.807) is 52.0 Å². The number of carbonyl (C=O) groups excluding carboxylic acids is 8. The van der Waals surface area contributed by atoms with E-state index in [0.717, 1.165) is 11.8 Å². The SMILES string of the molecule is CC[C@H](C)[C@H]1NC(=O)[C@H](NC(=O)OCC(F)(F)F)[C@@H](C)OC(=O)[C@H](Cc2ccc(OC)cc2)N(C)C(=O)[C@@H]2CCCN2C(=O)[C@H](CC(C)C)NC(=O)[C@@H](C)C(=O)[C@H](C(C)C)OC(=O)C[C@@H]1O. The minimum absolute atomic E-state index is 0.106. The third kappa shape index (κ3) is 15.3. The molecule has 0 aromatic heterocycles. The van der Waals surface area contributed by atoms with Gasteiger partial charge in [-0.05, 0) is 68.6 Å². The second kappa shape index (κ2) is 24.3. The Bertz CT molecular complexity index is 1880. The van der Waals surface area contributed by atoms with Gasteiger partial charge in [-0.1, -0.05) is 60.1 Å². The van der Waals surface area contributed by atoms with E-state index in [-0.39, 0.29) is 31.7 Å². The number of benzene rings is 1. The van der Waals surface area contributed by atoms with Crippen LogP contribution in [0.5, 0.6) is 5.75 Å². The Kier molecular flexibility index (Phi) is 20.2. The van der Waals surface area contributed by atoms with Gasteiger partial charge in [0, 0.05) is 20.0 Å². The lowest BCUT2D eigenvalue weighted by Crippen LogP contribution is -2.59. The first kappa shape index (κ1) is 54.9. The number of fused-ring (bicyclic) bond motifs is 1. The van der Waals surface area contributed by atoms with Crippen LogP contribution in [0.15, 0.2) is 24.3 Å². The molecular formula is C45H66F3N5O13. The number of cyclic esters (lactones) is 2. The summed E-state index contributed by atoms with van der Waals surface area (Å²) < 4.78 is 60.1. The van der Waals surface area contributed by atoms with Gasteiger partial charge in [0.2, 0.25) is 23.6 Å². The number of Topliss-reactive ketones (excluding diaryl/α,β-unsaturated/α-hetero) is 1. The molecule has 4 N–H and O–H groups in total. The highest BCUT2D eigenvalue weighted by molar-refractivity contribution is 6.05. The Hall–Kier alpha value is -5.47. The molecule has 2 heterocycles. The van der Waals surface area contributed by atoms with E-state index < -0.39 is 133 Å². The largest absolute Gasteiger partial charge is 0.497 e. The molecule has 66 heavy (non-hydrogen) atoms. The third-order valence-electron chi connectivity index (χ3n) is 11.8. The van der Waals surface area contributed by atoms with E-state index in [1.165, 1.54) is 26.0 Å². The highest BCUT2D eigenvalue weighted by Crippen LogP contribution is 2.26. The number of esters is 2. The topological polar surface area (TPSA) is 236 Å². The molecule has 0 radical (unpaired) electrons. The third-order valence-corrected chi connectivity index (χ3v) is 11.8. The Balaban J connectivity index is 2.21. The number of aliphatic hydroxyl groups excluding tert-OH is 1. The highest BCUT2D eigenvalue weighted by Gasteiger charge is 2.44. The fourth-order valence-corrected chi connectivity index (χ4v) is 7.78. The van der Waals surface area contributed by atoms with Gasteiger partial charge < -0.3 is 49.8 Å². The van der Waals surface area contributed by atoms with Crippen LogP contribution in [0.25, 0.3) is 0 Å². The fraction of sp³-hybridized carbons (Fsp3) is 0.689. The number of hydrogen-bond donors (Lipinski definition) is 4. The van der Waals surface area contributed by atoms with Crippen molar-refractivity contribution in [3.63, 3.8) is 0 Å². The summed E-state index contributed by atoms with van der Waals surface area (Å²) >= 11 is 0. The minimum atomic E-state index is -4.95. The van der Waals surface area contributed by atoms with Crippen LogP contribution >= 0.6 is 0 Å². The number of aliphatic hydroxyl groups is 1. The van der Waals surface area contributed by atoms with Crippen LogP contribution in [0.3, 0.4) is 0 Å². The second-order valence-electron chi connectivity index (χ2n) is 17.8. The van der Waals surface area contributed by atoms with Crippen LogP contribution in [0.4, 0.5) is 18.0 Å². The van der Waals surface area contributed by atoms with Gasteiger partial charge in [0.05, 0.1) is 31.6 Å². The van der Waals surface area contributed by atoms with E-state index in [4.69, 9.17) is 14.2 Å². The summed E-state index contributed by atoms with van der Waals surface area (Å²) in [6.45, 7) is 10.6. The van der Waals surface area contributed by atoms with Crippen molar-refractivity contribution in [2.24, 2.45) is 23.7 Å². The molecular weight excluding hydrogens is 876 g/mol. The molecule has 0 saturated carbocycles. The number of carbonyl (C=O) groups is 8. The predicted octanol–water partition coefficient (Wildman–Crippen LogP) is 3.24. The molecule has 1 aromatic rings. The van der Waals surface area contributed by atoms with Gasteiger partial charge in [-0.25, -0.2) is 9.59 Å². The molecule has 0 unspecified atom stereocenters. The lowest BCUT2D eigenvalue weighted by Gasteiger charge is -2.35. The molecule has 10 atom stereocenters. The van der Waals surface area contributed by atoms with Crippen LogP contribution < -0.4 is 20.7 Å². The summed E-state index contributed by atoms with van der Waals surface area (Å²) in [5.41, 5.74) is 0.511. The van der Waals surface area contributed by atoms with E-state index in [9.17, 15) is 56.6 Å². The van der Waals surface area contributed by atoms with E-state index in [1.807, 2.05) is 19.2 Å². The van der Waals surface area contributed by atoms with Gasteiger partial charge >= 0.3 is 24.2 Å². The average molecular weight is 942 g/mol. The first-order valence-corrected chi connectivity index (χ1v) is 22.2. The number of halogens is 3. The molecule has 1 aromatic carbocycles. The standard InChI is InChI=1S/C45H66F3N5O13/c1-11-25(6)35-33(54)21-34(55)66-38(24(4)5)37(56)26(7)39(57)49-30(19-23(2)3)41(59)53-18-12-13-31(53)42(60)52(9)32(20-28-14-16-29(63-10)17-15-28)43(61)65-27(8)36(40(58)50-35)51-44(62)64-22-45(46,47)48/h14-17,23-27,30-33,35-36,38,54H,11-13,18-22H2,1-10H3,(H,49,57)(H,50,58)(H,51,62)/t25-,26-,27+,30-,31-,32-,33-,35+,36+,38-/m0/s1. The number of methoxy groups -OCH3 is 1. The maximum absolute atomic E-state index is 14.5. The zero-order chi connectivity index (χ0) is 49.8. The number of ether oxygens (including phenoxy) is 4. The lowest BCUT2D eigenvalue weighted by molar-refractivity contribution is -0.163. The molecule has 2 fully saturated rings. The highest BCUT2D eigenvalue weighted by atomic mass is 19.4. The van der Waals surface area contributed by atoms with Crippen molar-refractivity contribution in [2.45, 2.75) is 149 Å². The minimum Gasteiger partial charge on any atom is -0.497 e. The summed E-state index contributed by atoms with van der Waals surface area (Å²) in [5.74, 6) is -8.69.